The molecule has 112 valence electrons. The molecule has 0 saturated heterocycles. The van der Waals surface area contributed by atoms with Crippen molar-refractivity contribution in [2.24, 2.45) is 5.28 Å². The van der Waals surface area contributed by atoms with Crippen LogP contribution in [0, 0.1) is 5.21 Å². The highest BCUT2D eigenvalue weighted by molar-refractivity contribution is 5.59. The Labute approximate surface area is 110 Å². The Bertz CT molecular complexity index is 281. The van der Waals surface area contributed by atoms with Gasteiger partial charge >= 0.3 is 6.16 Å². The largest absolute Gasteiger partial charge is 0.569 e. The van der Waals surface area contributed by atoms with E-state index < -0.39 is 12.4 Å². The molecular weight excluding hydrogens is 262 g/mol. The molecule has 0 aliphatic carbocycles. The highest BCUT2D eigenvalue weighted by Crippen LogP contribution is 1.99. The predicted octanol–water partition coefficient (Wildman–Crippen LogP) is -0.399. The zero-order chi connectivity index (χ0) is 14.7. The SMILES string of the molecule is CCOC(=O)OC(C)O/N=[N+](\[O-])N(CCO)CCO. The number of hydrogen-bond donors (Lipinski definition) is 2. The van der Waals surface area contributed by atoms with Crippen LogP contribution in [0.15, 0.2) is 5.28 Å². The van der Waals surface area contributed by atoms with Gasteiger partial charge in [-0.2, -0.15) is 0 Å². The van der Waals surface area contributed by atoms with Crippen molar-refractivity contribution in [1.82, 2.24) is 5.01 Å². The van der Waals surface area contributed by atoms with Crippen molar-refractivity contribution in [3.05, 3.63) is 5.21 Å². The number of ether oxygens (including phenoxy) is 2. The van der Waals surface area contributed by atoms with E-state index in [0.717, 1.165) is 5.01 Å². The Morgan fingerprint density at radius 1 is 1.42 bits per heavy atom. The van der Waals surface area contributed by atoms with E-state index in [1.165, 1.54) is 6.92 Å². The number of hydrazine groups is 1. The molecule has 0 aliphatic rings. The molecule has 0 bridgehead atoms. The second-order valence-electron chi connectivity index (χ2n) is 3.21. The summed E-state index contributed by atoms with van der Waals surface area (Å²) in [6.07, 6.45) is -2.05. The lowest BCUT2D eigenvalue weighted by Gasteiger charge is -2.16. The van der Waals surface area contributed by atoms with E-state index in [2.05, 4.69) is 19.6 Å². The van der Waals surface area contributed by atoms with E-state index in [0.29, 0.717) is 0 Å². The number of aliphatic hydroxyl groups excluding tert-OH is 2. The summed E-state index contributed by atoms with van der Waals surface area (Å²) in [5.41, 5.74) is 0. The minimum atomic E-state index is -1.11. The van der Waals surface area contributed by atoms with E-state index in [1.54, 1.807) is 6.92 Å². The number of rotatable bonds is 9. The van der Waals surface area contributed by atoms with E-state index in [-0.39, 0.29) is 37.9 Å². The fraction of sp³-hybridized carbons (Fsp3) is 0.889. The molecule has 0 aromatic carbocycles. The van der Waals surface area contributed by atoms with Crippen molar-refractivity contribution >= 4 is 6.16 Å². The maximum Gasteiger partial charge on any atom is 0.511 e. The lowest BCUT2D eigenvalue weighted by Crippen LogP contribution is -2.36. The molecular formula is C9H19N3O7. The molecule has 0 aromatic heterocycles. The Morgan fingerprint density at radius 2 is 2.00 bits per heavy atom. The summed E-state index contributed by atoms with van der Waals surface area (Å²) in [4.78, 5) is 15.6. The van der Waals surface area contributed by atoms with Gasteiger partial charge < -0.3 is 24.9 Å². The maximum absolute atomic E-state index is 11.4. The Kier molecular flexibility index (Phi) is 9.18. The molecule has 0 heterocycles. The summed E-state index contributed by atoms with van der Waals surface area (Å²) < 4.78 is 9.07. The lowest BCUT2D eigenvalue weighted by molar-refractivity contribution is -0.713. The van der Waals surface area contributed by atoms with E-state index >= 15 is 0 Å². The molecule has 0 amide bonds. The van der Waals surface area contributed by atoms with Gasteiger partial charge in [0.05, 0.1) is 24.8 Å². The maximum atomic E-state index is 11.4. The third-order valence-corrected chi connectivity index (χ3v) is 1.75. The standard InChI is InChI=1S/C9H19N3O7/c1-3-17-9(15)18-8(2)19-10-12(16)11(4-6-13)5-7-14/h8,13-14H,3-7H2,1-2H3/b12-10-. The summed E-state index contributed by atoms with van der Waals surface area (Å²) in [7, 11) is 0. The van der Waals surface area contributed by atoms with E-state index in [4.69, 9.17) is 10.2 Å². The van der Waals surface area contributed by atoms with Gasteiger partial charge in [-0.1, -0.05) is 0 Å². The number of carbonyl (C=O) groups excluding carboxylic acids is 1. The van der Waals surface area contributed by atoms with Crippen LogP contribution >= 0.6 is 0 Å². The van der Waals surface area contributed by atoms with Gasteiger partial charge in [-0.25, -0.2) is 4.79 Å². The van der Waals surface area contributed by atoms with Crippen LogP contribution in [0.1, 0.15) is 13.8 Å². The molecule has 0 radical (unpaired) electrons. The highest BCUT2D eigenvalue weighted by atomic mass is 16.8. The van der Waals surface area contributed by atoms with Crippen LogP contribution in [-0.2, 0) is 14.3 Å². The van der Waals surface area contributed by atoms with Gasteiger partial charge in [-0.3, -0.25) is 4.84 Å². The van der Waals surface area contributed by atoms with Crippen molar-refractivity contribution in [2.75, 3.05) is 32.9 Å². The summed E-state index contributed by atoms with van der Waals surface area (Å²) in [6.45, 7) is 2.48. The van der Waals surface area contributed by atoms with Crippen LogP contribution in [0.5, 0.6) is 0 Å². The van der Waals surface area contributed by atoms with Crippen LogP contribution in [0.4, 0.5) is 4.79 Å². The van der Waals surface area contributed by atoms with Crippen LogP contribution in [0.3, 0.4) is 0 Å². The van der Waals surface area contributed by atoms with Crippen molar-refractivity contribution in [3.8, 4) is 0 Å². The smallest absolute Gasteiger partial charge is 0.511 e. The molecule has 0 saturated carbocycles. The van der Waals surface area contributed by atoms with Gasteiger partial charge in [0, 0.05) is 6.92 Å². The highest BCUT2D eigenvalue weighted by Gasteiger charge is 2.15. The number of aliphatic hydroxyl groups is 2. The fourth-order valence-electron chi connectivity index (χ4n) is 0.981. The molecule has 1 unspecified atom stereocenters. The molecule has 0 rings (SSSR count). The Morgan fingerprint density at radius 3 is 2.47 bits per heavy atom. The summed E-state index contributed by atoms with van der Waals surface area (Å²) in [5, 5.41) is 32.9. The third kappa shape index (κ3) is 8.00. The normalized spacial score (nSPS) is 12.7. The summed E-state index contributed by atoms with van der Waals surface area (Å²) >= 11 is 0. The molecule has 0 spiro atoms. The van der Waals surface area contributed by atoms with Crippen LogP contribution in [0.25, 0.3) is 0 Å². The first-order valence-electron chi connectivity index (χ1n) is 5.69. The molecule has 10 heteroatoms. The summed E-state index contributed by atoms with van der Waals surface area (Å²) in [6, 6.07) is 0. The lowest BCUT2D eigenvalue weighted by atomic mass is 10.6. The molecule has 1 atom stereocenters. The monoisotopic (exact) mass is 281 g/mol. The van der Waals surface area contributed by atoms with E-state index in [1.807, 2.05) is 0 Å². The van der Waals surface area contributed by atoms with Gasteiger partial charge in [-0.05, 0) is 6.92 Å². The summed E-state index contributed by atoms with van der Waals surface area (Å²) in [5.74, 6) is 0. The Balaban J connectivity index is 4.22. The molecule has 0 fully saturated rings. The van der Waals surface area contributed by atoms with Gasteiger partial charge in [-0.15, -0.1) is 5.01 Å². The van der Waals surface area contributed by atoms with Gasteiger partial charge in [0.15, 0.2) is 0 Å². The average molecular weight is 281 g/mol. The first-order chi connectivity index (χ1) is 9.04. The third-order valence-electron chi connectivity index (χ3n) is 1.75. The topological polar surface area (TPSA) is 127 Å². The van der Waals surface area contributed by atoms with Gasteiger partial charge in [0.2, 0.25) is 5.28 Å². The molecule has 0 aliphatic heterocycles. The Hall–Kier alpha value is -1.81. The molecule has 10 nitrogen and oxygen atoms in total. The zero-order valence-electron chi connectivity index (χ0n) is 10.9. The van der Waals surface area contributed by atoms with E-state index in [9.17, 15) is 10.0 Å². The van der Waals surface area contributed by atoms with Gasteiger partial charge in [0.1, 0.15) is 13.1 Å². The minimum Gasteiger partial charge on any atom is -0.569 e. The number of nitrogens with zero attached hydrogens (tertiary/aromatic N) is 3. The molecule has 2 N–H and O–H groups in total. The average Bonchev–Trinajstić information content (AvgIpc) is 2.36. The number of hydrogen-bond acceptors (Lipinski definition) is 8. The number of carbonyl (C=O) groups is 1. The molecule has 19 heavy (non-hydrogen) atoms. The predicted molar refractivity (Wildman–Crippen MR) is 60.5 cm³/mol. The minimum absolute atomic E-state index is 0.0238. The first kappa shape index (κ1) is 17.2. The zero-order valence-corrected chi connectivity index (χ0v) is 10.9. The van der Waals surface area contributed by atoms with Crippen LogP contribution in [-0.4, -0.2) is 65.5 Å². The quantitative estimate of drug-likeness (QED) is 0.192. The van der Waals surface area contributed by atoms with Crippen LogP contribution in [0.2, 0.25) is 0 Å². The van der Waals surface area contributed by atoms with Crippen molar-refractivity contribution in [3.63, 3.8) is 0 Å². The fourth-order valence-corrected chi connectivity index (χ4v) is 0.981. The molecule has 0 aromatic rings. The van der Waals surface area contributed by atoms with Crippen molar-refractivity contribution in [2.45, 2.75) is 20.1 Å². The van der Waals surface area contributed by atoms with Crippen LogP contribution < -0.4 is 0 Å². The second-order valence-corrected chi connectivity index (χ2v) is 3.21. The van der Waals surface area contributed by atoms with Crippen molar-refractivity contribution in [1.29, 1.82) is 0 Å². The second kappa shape index (κ2) is 10.1. The first-order valence-corrected chi connectivity index (χ1v) is 5.69. The van der Waals surface area contributed by atoms with Gasteiger partial charge in [0.25, 0.3) is 6.29 Å². The van der Waals surface area contributed by atoms with Crippen molar-refractivity contribution < 1.29 is 34.3 Å².